The van der Waals surface area contributed by atoms with Gasteiger partial charge in [0.15, 0.2) is 0 Å². The van der Waals surface area contributed by atoms with E-state index in [-0.39, 0.29) is 5.60 Å². The van der Waals surface area contributed by atoms with Gasteiger partial charge in [0.05, 0.1) is 6.61 Å². The van der Waals surface area contributed by atoms with Gasteiger partial charge in [0, 0.05) is 44.6 Å². The SMILES string of the molecule is CCOc1cc(C)c(C2CC2)cc1CN1CCC(CNC)(OC=O)CC1. The van der Waals surface area contributed by atoms with Crippen molar-refractivity contribution in [3.05, 3.63) is 28.8 Å². The predicted octanol–water partition coefficient (Wildman–Crippen LogP) is 3.00. The van der Waals surface area contributed by atoms with E-state index in [4.69, 9.17) is 9.47 Å². The zero-order chi connectivity index (χ0) is 18.6. The number of rotatable bonds is 9. The van der Waals surface area contributed by atoms with Gasteiger partial charge in [-0.3, -0.25) is 9.69 Å². The van der Waals surface area contributed by atoms with Gasteiger partial charge in [-0.25, -0.2) is 0 Å². The average Bonchev–Trinajstić information content (AvgIpc) is 3.45. The molecule has 0 aromatic heterocycles. The van der Waals surface area contributed by atoms with Gasteiger partial charge >= 0.3 is 0 Å². The molecule has 1 heterocycles. The third-order valence-electron chi connectivity index (χ3n) is 5.72. The number of hydrogen-bond acceptors (Lipinski definition) is 5. The molecule has 0 bridgehead atoms. The van der Waals surface area contributed by atoms with Gasteiger partial charge in [-0.1, -0.05) is 6.07 Å². The van der Waals surface area contributed by atoms with Crippen molar-refractivity contribution in [3.63, 3.8) is 0 Å². The number of carbonyl (C=O) groups is 1. The Bertz CT molecular complexity index is 620. The first-order valence-corrected chi connectivity index (χ1v) is 9.85. The number of ether oxygens (including phenoxy) is 2. The molecule has 5 heteroatoms. The molecule has 0 amide bonds. The second kappa shape index (κ2) is 8.40. The summed E-state index contributed by atoms with van der Waals surface area (Å²) in [5.41, 5.74) is 3.78. The lowest BCUT2D eigenvalue weighted by Crippen LogP contribution is -2.50. The van der Waals surface area contributed by atoms with Crippen LogP contribution in [0.4, 0.5) is 0 Å². The zero-order valence-electron chi connectivity index (χ0n) is 16.3. The van der Waals surface area contributed by atoms with Crippen LogP contribution in [0.2, 0.25) is 0 Å². The van der Waals surface area contributed by atoms with Crippen LogP contribution in [0.1, 0.15) is 55.2 Å². The van der Waals surface area contributed by atoms with Crippen molar-refractivity contribution in [2.24, 2.45) is 0 Å². The maximum absolute atomic E-state index is 10.9. The first-order valence-electron chi connectivity index (χ1n) is 9.85. The number of likely N-dealkylation sites (N-methyl/N-ethyl adjacent to an activating group) is 1. The summed E-state index contributed by atoms with van der Waals surface area (Å²) in [5.74, 6) is 1.76. The summed E-state index contributed by atoms with van der Waals surface area (Å²) in [6.07, 6.45) is 4.34. The number of aryl methyl sites for hydroxylation is 1. The van der Waals surface area contributed by atoms with Crippen LogP contribution in [0.25, 0.3) is 0 Å². The highest BCUT2D eigenvalue weighted by Gasteiger charge is 2.36. The minimum Gasteiger partial charge on any atom is -0.494 e. The highest BCUT2D eigenvalue weighted by atomic mass is 16.5. The van der Waals surface area contributed by atoms with Crippen molar-refractivity contribution < 1.29 is 14.3 Å². The third kappa shape index (κ3) is 4.38. The Morgan fingerprint density at radius 1 is 1.31 bits per heavy atom. The van der Waals surface area contributed by atoms with Crippen LogP contribution in [0.15, 0.2) is 12.1 Å². The van der Waals surface area contributed by atoms with Crippen molar-refractivity contribution in [3.8, 4) is 5.75 Å². The molecule has 1 saturated heterocycles. The number of likely N-dealkylation sites (tertiary alicyclic amines) is 1. The maximum Gasteiger partial charge on any atom is 0.293 e. The minimum atomic E-state index is -0.359. The third-order valence-corrected chi connectivity index (χ3v) is 5.72. The quantitative estimate of drug-likeness (QED) is 0.686. The minimum absolute atomic E-state index is 0.359. The Morgan fingerprint density at radius 3 is 2.62 bits per heavy atom. The summed E-state index contributed by atoms with van der Waals surface area (Å²) in [5, 5.41) is 3.16. The van der Waals surface area contributed by atoms with Crippen LogP contribution in [0.5, 0.6) is 5.75 Å². The van der Waals surface area contributed by atoms with Gasteiger partial charge < -0.3 is 14.8 Å². The summed E-state index contributed by atoms with van der Waals surface area (Å²) < 4.78 is 11.4. The van der Waals surface area contributed by atoms with Crippen LogP contribution >= 0.6 is 0 Å². The van der Waals surface area contributed by atoms with Gasteiger partial charge in [0.1, 0.15) is 11.4 Å². The van der Waals surface area contributed by atoms with Crippen molar-refractivity contribution >= 4 is 6.47 Å². The topological polar surface area (TPSA) is 50.8 Å². The van der Waals surface area contributed by atoms with Crippen LogP contribution in [-0.4, -0.2) is 50.3 Å². The van der Waals surface area contributed by atoms with E-state index in [9.17, 15) is 4.79 Å². The lowest BCUT2D eigenvalue weighted by Gasteiger charge is -2.40. The molecular weight excluding hydrogens is 328 g/mol. The summed E-state index contributed by atoms with van der Waals surface area (Å²) in [6, 6.07) is 4.59. The maximum atomic E-state index is 10.9. The fourth-order valence-electron chi connectivity index (χ4n) is 4.11. The second-order valence-electron chi connectivity index (χ2n) is 7.73. The largest absolute Gasteiger partial charge is 0.494 e. The van der Waals surface area contributed by atoms with E-state index < -0.39 is 0 Å². The normalized spacial score (nSPS) is 20.0. The Kier molecular flexibility index (Phi) is 6.20. The molecule has 1 N–H and O–H groups in total. The van der Waals surface area contributed by atoms with Crippen molar-refractivity contribution in [1.29, 1.82) is 0 Å². The first kappa shape index (κ1) is 19.2. The molecule has 3 rings (SSSR count). The van der Waals surface area contributed by atoms with E-state index in [0.29, 0.717) is 19.6 Å². The lowest BCUT2D eigenvalue weighted by atomic mass is 9.90. The highest BCUT2D eigenvalue weighted by molar-refractivity contribution is 5.45. The molecule has 1 saturated carbocycles. The van der Waals surface area contributed by atoms with Crippen molar-refractivity contribution in [2.45, 2.75) is 57.6 Å². The fourth-order valence-corrected chi connectivity index (χ4v) is 4.11. The molecule has 1 aliphatic heterocycles. The molecule has 26 heavy (non-hydrogen) atoms. The molecular formula is C21H32N2O3. The molecule has 0 spiro atoms. The van der Waals surface area contributed by atoms with Crippen molar-refractivity contribution in [1.82, 2.24) is 10.2 Å². The molecule has 1 aliphatic carbocycles. The van der Waals surface area contributed by atoms with Gasteiger partial charge in [-0.05, 0) is 56.8 Å². The Hall–Kier alpha value is -1.59. The van der Waals surface area contributed by atoms with E-state index in [2.05, 4.69) is 29.3 Å². The molecule has 1 aromatic carbocycles. The summed E-state index contributed by atoms with van der Waals surface area (Å²) in [7, 11) is 1.91. The van der Waals surface area contributed by atoms with E-state index in [0.717, 1.165) is 44.1 Å². The summed E-state index contributed by atoms with van der Waals surface area (Å²) in [6.45, 7) is 8.98. The Labute approximate surface area is 157 Å². The second-order valence-corrected chi connectivity index (χ2v) is 7.73. The van der Waals surface area contributed by atoms with E-state index >= 15 is 0 Å². The summed E-state index contributed by atoms with van der Waals surface area (Å²) >= 11 is 0. The number of benzene rings is 1. The molecule has 0 radical (unpaired) electrons. The van der Waals surface area contributed by atoms with E-state index in [1.807, 2.05) is 14.0 Å². The Balaban J connectivity index is 1.70. The highest BCUT2D eigenvalue weighted by Crippen LogP contribution is 2.43. The number of carbonyl (C=O) groups excluding carboxylic acids is 1. The Morgan fingerprint density at radius 2 is 2.04 bits per heavy atom. The molecule has 0 unspecified atom stereocenters. The molecule has 1 aromatic rings. The van der Waals surface area contributed by atoms with Gasteiger partial charge in [-0.2, -0.15) is 0 Å². The standard InChI is InChI=1S/C21H32N2O3/c1-4-25-20-11-16(2)19(17-5-6-17)12-18(20)13-23-9-7-21(8-10-23,14-22-3)26-15-24/h11-12,15,17,22H,4-10,13-14H2,1-3H3. The lowest BCUT2D eigenvalue weighted by molar-refractivity contribution is -0.148. The van der Waals surface area contributed by atoms with Gasteiger partial charge in [0.2, 0.25) is 0 Å². The average molecular weight is 360 g/mol. The van der Waals surface area contributed by atoms with Gasteiger partial charge in [0.25, 0.3) is 6.47 Å². The number of nitrogens with zero attached hydrogens (tertiary/aromatic N) is 1. The van der Waals surface area contributed by atoms with Crippen LogP contribution < -0.4 is 10.1 Å². The molecule has 2 aliphatic rings. The van der Waals surface area contributed by atoms with Gasteiger partial charge in [-0.15, -0.1) is 0 Å². The van der Waals surface area contributed by atoms with E-state index in [1.165, 1.54) is 29.5 Å². The molecule has 5 nitrogen and oxygen atoms in total. The van der Waals surface area contributed by atoms with Crippen molar-refractivity contribution in [2.75, 3.05) is 33.3 Å². The van der Waals surface area contributed by atoms with Crippen LogP contribution in [0.3, 0.4) is 0 Å². The van der Waals surface area contributed by atoms with E-state index in [1.54, 1.807) is 0 Å². The molecule has 144 valence electrons. The number of piperidine rings is 1. The number of nitrogens with one attached hydrogen (secondary N) is 1. The first-order chi connectivity index (χ1) is 12.6. The summed E-state index contributed by atoms with van der Waals surface area (Å²) in [4.78, 5) is 13.4. The van der Waals surface area contributed by atoms with Crippen LogP contribution in [-0.2, 0) is 16.1 Å². The molecule has 0 atom stereocenters. The zero-order valence-corrected chi connectivity index (χ0v) is 16.3. The molecule has 2 fully saturated rings. The fraction of sp³-hybridized carbons (Fsp3) is 0.667. The monoisotopic (exact) mass is 360 g/mol. The van der Waals surface area contributed by atoms with Crippen LogP contribution in [0, 0.1) is 6.92 Å². The predicted molar refractivity (Wildman–Crippen MR) is 103 cm³/mol. The smallest absolute Gasteiger partial charge is 0.293 e. The number of hydrogen-bond donors (Lipinski definition) is 1.